The predicted octanol–water partition coefficient (Wildman–Crippen LogP) is 5.54. The van der Waals surface area contributed by atoms with E-state index in [1.807, 2.05) is 0 Å². The highest BCUT2D eigenvalue weighted by Crippen LogP contribution is 2.49. The molecule has 2 aliphatic rings. The lowest BCUT2D eigenvalue weighted by atomic mass is 9.66. The standard InChI is InChI=1S/C25H33NO/c1-21-8-7-9-22(18-21)19-26-16-14-24(23-10-3-2-4-11-23)15-17-27-25(20-24)12-5-6-13-25/h2-4,7-11,18,26H,5-6,12-17,19-20H2,1H3/t24-/m1/s1. The van der Waals surface area contributed by atoms with E-state index in [0.717, 1.165) is 26.1 Å². The fraction of sp³-hybridized carbons (Fsp3) is 0.520. The molecular weight excluding hydrogens is 330 g/mol. The van der Waals surface area contributed by atoms with E-state index in [2.05, 4.69) is 66.8 Å². The third kappa shape index (κ3) is 4.28. The van der Waals surface area contributed by atoms with E-state index < -0.39 is 0 Å². The molecule has 2 nitrogen and oxygen atoms in total. The Morgan fingerprint density at radius 3 is 2.56 bits per heavy atom. The minimum Gasteiger partial charge on any atom is -0.375 e. The second-order valence-electron chi connectivity index (χ2n) is 8.73. The molecule has 2 aromatic rings. The first-order chi connectivity index (χ1) is 13.2. The molecule has 0 radical (unpaired) electrons. The minimum atomic E-state index is 0.143. The molecule has 2 aromatic carbocycles. The fourth-order valence-corrected chi connectivity index (χ4v) is 5.34. The third-order valence-electron chi connectivity index (χ3n) is 6.74. The monoisotopic (exact) mass is 363 g/mol. The van der Waals surface area contributed by atoms with Gasteiger partial charge in [-0.2, -0.15) is 0 Å². The van der Waals surface area contributed by atoms with Crippen LogP contribution < -0.4 is 5.32 Å². The van der Waals surface area contributed by atoms with Gasteiger partial charge in [-0.1, -0.05) is 73.0 Å². The Morgan fingerprint density at radius 1 is 0.963 bits per heavy atom. The van der Waals surface area contributed by atoms with Crippen molar-refractivity contribution in [1.29, 1.82) is 0 Å². The maximum Gasteiger partial charge on any atom is 0.0691 e. The van der Waals surface area contributed by atoms with Crippen LogP contribution >= 0.6 is 0 Å². The van der Waals surface area contributed by atoms with Gasteiger partial charge in [0.25, 0.3) is 0 Å². The van der Waals surface area contributed by atoms with E-state index in [1.165, 1.54) is 55.2 Å². The van der Waals surface area contributed by atoms with Gasteiger partial charge in [0.1, 0.15) is 0 Å². The zero-order valence-electron chi connectivity index (χ0n) is 16.7. The highest BCUT2D eigenvalue weighted by molar-refractivity contribution is 5.28. The molecule has 1 aliphatic carbocycles. The van der Waals surface area contributed by atoms with Crippen molar-refractivity contribution in [2.45, 2.75) is 69.4 Å². The van der Waals surface area contributed by atoms with Crippen LogP contribution in [-0.2, 0) is 16.7 Å². The molecular formula is C25H33NO. The van der Waals surface area contributed by atoms with Crippen molar-refractivity contribution in [3.8, 4) is 0 Å². The van der Waals surface area contributed by atoms with Gasteiger partial charge in [0, 0.05) is 18.6 Å². The van der Waals surface area contributed by atoms with Gasteiger partial charge in [0.15, 0.2) is 0 Å². The second-order valence-corrected chi connectivity index (χ2v) is 8.73. The van der Waals surface area contributed by atoms with Gasteiger partial charge in [-0.25, -0.2) is 0 Å². The third-order valence-corrected chi connectivity index (χ3v) is 6.74. The molecule has 2 fully saturated rings. The van der Waals surface area contributed by atoms with Gasteiger partial charge in [-0.05, 0) is 56.7 Å². The van der Waals surface area contributed by atoms with Gasteiger partial charge < -0.3 is 10.1 Å². The minimum absolute atomic E-state index is 0.143. The van der Waals surface area contributed by atoms with Crippen molar-refractivity contribution in [2.75, 3.05) is 13.2 Å². The summed E-state index contributed by atoms with van der Waals surface area (Å²) in [6.07, 6.45) is 8.68. The van der Waals surface area contributed by atoms with Crippen LogP contribution in [0.4, 0.5) is 0 Å². The topological polar surface area (TPSA) is 21.3 Å². The second kappa shape index (κ2) is 8.16. The van der Waals surface area contributed by atoms with Gasteiger partial charge in [0.2, 0.25) is 0 Å². The lowest BCUT2D eigenvalue weighted by Gasteiger charge is -2.47. The molecule has 144 valence electrons. The van der Waals surface area contributed by atoms with Gasteiger partial charge in [0.05, 0.1) is 5.60 Å². The van der Waals surface area contributed by atoms with E-state index in [9.17, 15) is 0 Å². The van der Waals surface area contributed by atoms with E-state index in [-0.39, 0.29) is 11.0 Å². The van der Waals surface area contributed by atoms with E-state index in [4.69, 9.17) is 4.74 Å². The molecule has 1 aliphatic heterocycles. The van der Waals surface area contributed by atoms with Crippen molar-refractivity contribution in [3.63, 3.8) is 0 Å². The number of hydrogen-bond donors (Lipinski definition) is 1. The van der Waals surface area contributed by atoms with Crippen molar-refractivity contribution < 1.29 is 4.74 Å². The molecule has 0 amide bonds. The van der Waals surface area contributed by atoms with Crippen LogP contribution in [-0.4, -0.2) is 18.8 Å². The summed E-state index contributed by atoms with van der Waals surface area (Å²) in [7, 11) is 0. The molecule has 1 atom stereocenters. The normalized spacial score (nSPS) is 24.3. The van der Waals surface area contributed by atoms with E-state index in [0.29, 0.717) is 0 Å². The highest BCUT2D eigenvalue weighted by Gasteiger charge is 2.47. The quantitative estimate of drug-likeness (QED) is 0.681. The van der Waals surface area contributed by atoms with Crippen LogP contribution in [0.1, 0.15) is 61.6 Å². The number of hydrogen-bond acceptors (Lipinski definition) is 2. The van der Waals surface area contributed by atoms with Crippen LogP contribution in [0.2, 0.25) is 0 Å². The van der Waals surface area contributed by atoms with E-state index in [1.54, 1.807) is 0 Å². The Labute approximate surface area is 164 Å². The molecule has 1 saturated heterocycles. The lowest BCUT2D eigenvalue weighted by molar-refractivity contribution is -0.103. The molecule has 27 heavy (non-hydrogen) atoms. The van der Waals surface area contributed by atoms with Crippen LogP contribution in [0.5, 0.6) is 0 Å². The molecule has 2 heteroatoms. The maximum absolute atomic E-state index is 6.37. The smallest absolute Gasteiger partial charge is 0.0691 e. The largest absolute Gasteiger partial charge is 0.375 e. The molecule has 1 saturated carbocycles. The molecule has 1 heterocycles. The van der Waals surface area contributed by atoms with Crippen LogP contribution in [0.25, 0.3) is 0 Å². The zero-order chi connectivity index (χ0) is 18.6. The Morgan fingerprint density at radius 2 is 1.78 bits per heavy atom. The molecule has 0 unspecified atom stereocenters. The van der Waals surface area contributed by atoms with Crippen LogP contribution in [0.3, 0.4) is 0 Å². The summed E-state index contributed by atoms with van der Waals surface area (Å²) in [5.74, 6) is 0. The Balaban J connectivity index is 1.45. The Kier molecular flexibility index (Phi) is 5.66. The summed E-state index contributed by atoms with van der Waals surface area (Å²) in [6, 6.07) is 20.0. The summed E-state index contributed by atoms with van der Waals surface area (Å²) < 4.78 is 6.37. The zero-order valence-corrected chi connectivity index (χ0v) is 16.7. The van der Waals surface area contributed by atoms with Crippen LogP contribution in [0, 0.1) is 6.92 Å². The van der Waals surface area contributed by atoms with Crippen molar-refractivity contribution in [2.24, 2.45) is 0 Å². The molecule has 1 spiro atoms. The summed E-state index contributed by atoms with van der Waals surface area (Å²) in [4.78, 5) is 0. The van der Waals surface area contributed by atoms with Gasteiger partial charge in [-0.15, -0.1) is 0 Å². The van der Waals surface area contributed by atoms with Gasteiger partial charge >= 0.3 is 0 Å². The average Bonchev–Trinajstić information content (AvgIpc) is 3.13. The molecule has 4 rings (SSSR count). The first-order valence-corrected chi connectivity index (χ1v) is 10.7. The first-order valence-electron chi connectivity index (χ1n) is 10.7. The van der Waals surface area contributed by atoms with Crippen molar-refractivity contribution >= 4 is 0 Å². The Hall–Kier alpha value is -1.64. The summed E-state index contributed by atoms with van der Waals surface area (Å²) >= 11 is 0. The molecule has 0 aromatic heterocycles. The molecule has 0 bridgehead atoms. The molecule has 1 N–H and O–H groups in total. The maximum atomic E-state index is 6.37. The number of nitrogens with one attached hydrogen (secondary N) is 1. The number of aryl methyl sites for hydroxylation is 1. The average molecular weight is 364 g/mol. The summed E-state index contributed by atoms with van der Waals surface area (Å²) in [5.41, 5.74) is 4.62. The number of rotatable bonds is 6. The van der Waals surface area contributed by atoms with Gasteiger partial charge in [-0.3, -0.25) is 0 Å². The lowest BCUT2D eigenvalue weighted by Crippen LogP contribution is -2.47. The van der Waals surface area contributed by atoms with Crippen molar-refractivity contribution in [1.82, 2.24) is 5.32 Å². The first kappa shape index (κ1) is 18.7. The fourth-order valence-electron chi connectivity index (χ4n) is 5.34. The van der Waals surface area contributed by atoms with Crippen LogP contribution in [0.15, 0.2) is 54.6 Å². The summed E-state index contributed by atoms with van der Waals surface area (Å²) in [6.45, 7) is 5.08. The van der Waals surface area contributed by atoms with E-state index >= 15 is 0 Å². The number of benzene rings is 2. The predicted molar refractivity (Wildman–Crippen MR) is 112 cm³/mol. The number of ether oxygens (including phenoxy) is 1. The van der Waals surface area contributed by atoms with Crippen molar-refractivity contribution in [3.05, 3.63) is 71.3 Å². The Bertz CT molecular complexity index is 735. The summed E-state index contributed by atoms with van der Waals surface area (Å²) in [5, 5.41) is 3.71. The SMILES string of the molecule is Cc1cccc(CNCC[C@@]2(c3ccccc3)CCOC3(CCCC3)C2)c1. The highest BCUT2D eigenvalue weighted by atomic mass is 16.5.